The summed E-state index contributed by atoms with van der Waals surface area (Å²) < 4.78 is 0. The van der Waals surface area contributed by atoms with Crippen LogP contribution < -0.4 is 4.90 Å². The molecule has 0 radical (unpaired) electrons. The predicted molar refractivity (Wildman–Crippen MR) is 82.6 cm³/mol. The average molecular weight is 271 g/mol. The number of aliphatic hydroxyl groups excluding tert-OH is 1. The van der Waals surface area contributed by atoms with Crippen molar-refractivity contribution in [3.8, 4) is 5.75 Å². The summed E-state index contributed by atoms with van der Waals surface area (Å²) in [5, 5.41) is 19.6. The molecule has 3 heteroatoms. The molecule has 1 unspecified atom stereocenters. The molecule has 2 aromatic rings. The quantitative estimate of drug-likeness (QED) is 0.886. The van der Waals surface area contributed by atoms with Gasteiger partial charge < -0.3 is 15.1 Å². The third-order valence-corrected chi connectivity index (χ3v) is 3.50. The third kappa shape index (κ3) is 2.78. The number of hydrogen-bond acceptors (Lipinski definition) is 3. The lowest BCUT2D eigenvalue weighted by atomic mass is 10.1. The van der Waals surface area contributed by atoms with Crippen molar-refractivity contribution in [1.29, 1.82) is 0 Å². The molecule has 0 spiro atoms. The molecule has 1 atom stereocenters. The highest BCUT2D eigenvalue weighted by molar-refractivity contribution is 5.67. The first kappa shape index (κ1) is 14.4. The number of phenols is 1. The lowest BCUT2D eigenvalue weighted by molar-refractivity contribution is 0.195. The first-order valence-corrected chi connectivity index (χ1v) is 6.88. The minimum absolute atomic E-state index is 0.129. The number of phenolic OH excluding ortho intramolecular Hbond substituents is 1. The number of aromatic hydroxyl groups is 1. The molecule has 0 amide bonds. The molecule has 0 aliphatic rings. The van der Waals surface area contributed by atoms with Crippen LogP contribution in [0.2, 0.25) is 0 Å². The third-order valence-electron chi connectivity index (χ3n) is 3.50. The van der Waals surface area contributed by atoms with Crippen molar-refractivity contribution in [3.05, 3.63) is 53.6 Å². The van der Waals surface area contributed by atoms with Crippen LogP contribution in [-0.2, 0) is 0 Å². The van der Waals surface area contributed by atoms with Gasteiger partial charge in [0.1, 0.15) is 5.75 Å². The van der Waals surface area contributed by atoms with E-state index in [1.54, 1.807) is 19.1 Å². The number of anilines is 2. The molecule has 2 N–H and O–H groups in total. The van der Waals surface area contributed by atoms with Gasteiger partial charge in [-0.1, -0.05) is 24.3 Å². The largest absolute Gasteiger partial charge is 0.507 e. The lowest BCUT2D eigenvalue weighted by Gasteiger charge is -2.25. The van der Waals surface area contributed by atoms with Gasteiger partial charge in [-0.15, -0.1) is 0 Å². The Kier molecular flexibility index (Phi) is 4.30. The van der Waals surface area contributed by atoms with E-state index < -0.39 is 6.10 Å². The van der Waals surface area contributed by atoms with Crippen LogP contribution >= 0.6 is 0 Å². The zero-order chi connectivity index (χ0) is 14.7. The average Bonchev–Trinajstić information content (AvgIpc) is 2.41. The molecule has 0 bridgehead atoms. The second kappa shape index (κ2) is 5.97. The van der Waals surface area contributed by atoms with Gasteiger partial charge in [-0.3, -0.25) is 0 Å². The van der Waals surface area contributed by atoms with Gasteiger partial charge in [-0.25, -0.2) is 0 Å². The summed E-state index contributed by atoms with van der Waals surface area (Å²) in [6.07, 6.45) is -0.669. The maximum Gasteiger partial charge on any atom is 0.123 e. The van der Waals surface area contributed by atoms with Crippen molar-refractivity contribution in [3.63, 3.8) is 0 Å². The van der Waals surface area contributed by atoms with Crippen LogP contribution in [0.15, 0.2) is 42.5 Å². The fourth-order valence-electron chi connectivity index (χ4n) is 2.41. The van der Waals surface area contributed by atoms with Gasteiger partial charge in [0.15, 0.2) is 0 Å². The van der Waals surface area contributed by atoms with E-state index in [0.29, 0.717) is 5.56 Å². The SMILES string of the molecule is CCN(c1ccc(C(C)O)c(O)c1)c1ccccc1C. The number of para-hydroxylation sites is 1. The molecule has 2 rings (SSSR count). The van der Waals surface area contributed by atoms with E-state index in [1.807, 2.05) is 18.2 Å². The lowest BCUT2D eigenvalue weighted by Crippen LogP contribution is -2.17. The van der Waals surface area contributed by atoms with Gasteiger partial charge in [-0.05, 0) is 38.5 Å². The molecule has 106 valence electrons. The van der Waals surface area contributed by atoms with E-state index in [1.165, 1.54) is 5.56 Å². The summed E-state index contributed by atoms with van der Waals surface area (Å²) in [4.78, 5) is 2.14. The van der Waals surface area contributed by atoms with Crippen LogP contribution in [-0.4, -0.2) is 16.8 Å². The van der Waals surface area contributed by atoms with E-state index in [4.69, 9.17) is 0 Å². The van der Waals surface area contributed by atoms with Crippen molar-refractivity contribution in [1.82, 2.24) is 0 Å². The van der Waals surface area contributed by atoms with Crippen LogP contribution in [0.1, 0.15) is 31.1 Å². The molecule has 0 aliphatic heterocycles. The Morgan fingerprint density at radius 1 is 1.15 bits per heavy atom. The summed E-state index contributed by atoms with van der Waals surface area (Å²) in [5.74, 6) is 0.129. The standard InChI is InChI=1S/C17H21NO2/c1-4-18(16-8-6-5-7-12(16)2)14-9-10-15(13(3)19)17(20)11-14/h5-11,13,19-20H,4H2,1-3H3. The smallest absolute Gasteiger partial charge is 0.123 e. The molecule has 3 nitrogen and oxygen atoms in total. The van der Waals surface area contributed by atoms with E-state index >= 15 is 0 Å². The molecule has 2 aromatic carbocycles. The monoisotopic (exact) mass is 271 g/mol. The fraction of sp³-hybridized carbons (Fsp3) is 0.294. The molecule has 0 fully saturated rings. The Morgan fingerprint density at radius 2 is 1.85 bits per heavy atom. The first-order chi connectivity index (χ1) is 9.54. The Hall–Kier alpha value is -2.00. The van der Waals surface area contributed by atoms with E-state index in [2.05, 4.69) is 30.9 Å². The van der Waals surface area contributed by atoms with Gasteiger partial charge in [0, 0.05) is 29.5 Å². The second-order valence-electron chi connectivity index (χ2n) is 4.95. The highest BCUT2D eigenvalue weighted by Crippen LogP contribution is 2.33. The summed E-state index contributed by atoms with van der Waals surface area (Å²) in [6.45, 7) is 6.60. The van der Waals surface area contributed by atoms with Gasteiger partial charge in [-0.2, -0.15) is 0 Å². The zero-order valence-corrected chi connectivity index (χ0v) is 12.2. The van der Waals surface area contributed by atoms with Gasteiger partial charge in [0.25, 0.3) is 0 Å². The Labute approximate surface area is 120 Å². The zero-order valence-electron chi connectivity index (χ0n) is 12.2. The fourth-order valence-corrected chi connectivity index (χ4v) is 2.41. The molecule has 20 heavy (non-hydrogen) atoms. The van der Waals surface area contributed by atoms with Crippen molar-refractivity contribution in [2.45, 2.75) is 26.9 Å². The van der Waals surface area contributed by atoms with Gasteiger partial charge in [0.05, 0.1) is 6.10 Å². The number of aryl methyl sites for hydroxylation is 1. The van der Waals surface area contributed by atoms with Crippen molar-refractivity contribution >= 4 is 11.4 Å². The molecule has 0 aromatic heterocycles. The maximum absolute atomic E-state index is 10.0. The number of rotatable bonds is 4. The minimum atomic E-state index is -0.669. The van der Waals surface area contributed by atoms with Gasteiger partial charge >= 0.3 is 0 Å². The Morgan fingerprint density at radius 3 is 2.40 bits per heavy atom. The second-order valence-corrected chi connectivity index (χ2v) is 4.95. The van der Waals surface area contributed by atoms with Crippen molar-refractivity contribution < 1.29 is 10.2 Å². The highest BCUT2D eigenvalue weighted by atomic mass is 16.3. The summed E-state index contributed by atoms with van der Waals surface area (Å²) in [5.41, 5.74) is 3.78. The topological polar surface area (TPSA) is 43.7 Å². The number of benzene rings is 2. The van der Waals surface area contributed by atoms with Crippen LogP contribution in [0.4, 0.5) is 11.4 Å². The molecule has 0 aliphatic carbocycles. The Balaban J connectivity index is 2.43. The number of aliphatic hydroxyl groups is 1. The molecule has 0 heterocycles. The van der Waals surface area contributed by atoms with Crippen LogP contribution in [0.3, 0.4) is 0 Å². The normalized spacial score (nSPS) is 12.2. The Bertz CT molecular complexity index is 593. The number of hydrogen-bond donors (Lipinski definition) is 2. The van der Waals surface area contributed by atoms with Crippen molar-refractivity contribution in [2.75, 3.05) is 11.4 Å². The highest BCUT2D eigenvalue weighted by Gasteiger charge is 2.13. The van der Waals surface area contributed by atoms with Crippen LogP contribution in [0, 0.1) is 6.92 Å². The molecular formula is C17H21NO2. The van der Waals surface area contributed by atoms with Crippen molar-refractivity contribution in [2.24, 2.45) is 0 Å². The first-order valence-electron chi connectivity index (χ1n) is 6.88. The predicted octanol–water partition coefficient (Wildman–Crippen LogP) is 3.91. The molecule has 0 saturated heterocycles. The van der Waals surface area contributed by atoms with E-state index in [0.717, 1.165) is 17.9 Å². The maximum atomic E-state index is 10.0. The summed E-state index contributed by atoms with van der Waals surface area (Å²) >= 11 is 0. The van der Waals surface area contributed by atoms with E-state index in [-0.39, 0.29) is 5.75 Å². The van der Waals surface area contributed by atoms with Gasteiger partial charge in [0.2, 0.25) is 0 Å². The minimum Gasteiger partial charge on any atom is -0.507 e. The van der Waals surface area contributed by atoms with Crippen LogP contribution in [0.25, 0.3) is 0 Å². The molecular weight excluding hydrogens is 250 g/mol. The summed E-state index contributed by atoms with van der Waals surface area (Å²) in [7, 11) is 0. The summed E-state index contributed by atoms with van der Waals surface area (Å²) in [6, 6.07) is 13.6. The van der Waals surface area contributed by atoms with Crippen LogP contribution in [0.5, 0.6) is 5.75 Å². The molecule has 0 saturated carbocycles. The van der Waals surface area contributed by atoms with E-state index in [9.17, 15) is 10.2 Å². The number of nitrogens with zero attached hydrogens (tertiary/aromatic N) is 1.